The number of rotatable bonds is 10. The minimum atomic E-state index is -0.617. The van der Waals surface area contributed by atoms with Crippen molar-refractivity contribution < 1.29 is 28.7 Å². The summed E-state index contributed by atoms with van der Waals surface area (Å²) >= 11 is 0. The van der Waals surface area contributed by atoms with Gasteiger partial charge in [-0.25, -0.2) is 0 Å². The number of nitro benzene ring substituents is 1. The van der Waals surface area contributed by atoms with Crippen LogP contribution in [0.2, 0.25) is 0 Å². The van der Waals surface area contributed by atoms with Gasteiger partial charge >= 0.3 is 11.7 Å². The zero-order chi connectivity index (χ0) is 18.8. The normalized spacial score (nSPS) is 10.2. The van der Waals surface area contributed by atoms with Gasteiger partial charge in [0.2, 0.25) is 0 Å². The number of ether oxygens (including phenoxy) is 3. The quantitative estimate of drug-likeness (QED) is 0.357. The van der Waals surface area contributed by atoms with Gasteiger partial charge < -0.3 is 19.1 Å². The number of nitrogens with zero attached hydrogens (tertiary/aromatic N) is 2. The number of nitro groups is 1. The summed E-state index contributed by atoms with van der Waals surface area (Å²) in [6, 6.07) is 3.97. The predicted octanol–water partition coefficient (Wildman–Crippen LogP) is 1.65. The average Bonchev–Trinajstić information content (AvgIpc) is 2.60. The third-order valence-corrected chi connectivity index (χ3v) is 3.37. The van der Waals surface area contributed by atoms with E-state index in [1.165, 1.54) is 31.3 Å². The topological polar surface area (TPSA) is 108 Å². The Kier molecular flexibility index (Phi) is 8.34. The average molecular weight is 354 g/mol. The first kappa shape index (κ1) is 20.4. The molecule has 1 aromatic rings. The molecule has 0 N–H and O–H groups in total. The van der Waals surface area contributed by atoms with Gasteiger partial charge in [-0.3, -0.25) is 19.7 Å². The van der Waals surface area contributed by atoms with Crippen LogP contribution in [-0.2, 0) is 14.3 Å². The molecule has 0 aliphatic carbocycles. The zero-order valence-electron chi connectivity index (χ0n) is 14.5. The molecule has 0 aliphatic heterocycles. The van der Waals surface area contributed by atoms with Crippen molar-refractivity contribution in [1.82, 2.24) is 4.90 Å². The molecule has 0 bridgehead atoms. The molecule has 0 unspecified atom stereocenters. The molecule has 138 valence electrons. The van der Waals surface area contributed by atoms with E-state index in [0.717, 1.165) is 6.07 Å². The Hall–Kier alpha value is -2.68. The third kappa shape index (κ3) is 6.03. The molecule has 0 saturated carbocycles. The van der Waals surface area contributed by atoms with Gasteiger partial charge in [-0.15, -0.1) is 0 Å². The number of hydrogen-bond acceptors (Lipinski definition) is 7. The van der Waals surface area contributed by atoms with Gasteiger partial charge in [-0.1, -0.05) is 0 Å². The van der Waals surface area contributed by atoms with Gasteiger partial charge in [0.25, 0.3) is 5.91 Å². The number of carbonyl (C=O) groups is 2. The summed E-state index contributed by atoms with van der Waals surface area (Å²) in [6.07, 6.45) is 0.0293. The van der Waals surface area contributed by atoms with Gasteiger partial charge in [0.05, 0.1) is 31.7 Å². The second-order valence-electron chi connectivity index (χ2n) is 4.98. The number of amides is 1. The summed E-state index contributed by atoms with van der Waals surface area (Å²) in [5, 5.41) is 11.1. The molecule has 0 heterocycles. The van der Waals surface area contributed by atoms with E-state index in [9.17, 15) is 19.7 Å². The Balaban J connectivity index is 2.97. The second kappa shape index (κ2) is 10.2. The molecule has 0 aromatic heterocycles. The monoisotopic (exact) mass is 354 g/mol. The Morgan fingerprint density at radius 3 is 2.52 bits per heavy atom. The van der Waals surface area contributed by atoms with Gasteiger partial charge in [0, 0.05) is 31.8 Å². The Morgan fingerprint density at radius 1 is 1.24 bits per heavy atom. The highest BCUT2D eigenvalue weighted by Gasteiger charge is 2.22. The highest BCUT2D eigenvalue weighted by molar-refractivity contribution is 5.95. The molecular weight excluding hydrogens is 332 g/mol. The molecule has 0 spiro atoms. The molecule has 0 fully saturated rings. The number of esters is 1. The largest absolute Gasteiger partial charge is 0.490 e. The second-order valence-corrected chi connectivity index (χ2v) is 4.98. The van der Waals surface area contributed by atoms with Crippen molar-refractivity contribution >= 4 is 17.6 Å². The van der Waals surface area contributed by atoms with Gasteiger partial charge in [0.15, 0.2) is 5.75 Å². The number of hydrogen-bond donors (Lipinski definition) is 0. The number of carbonyl (C=O) groups excluding carboxylic acids is 2. The minimum absolute atomic E-state index is 0.0293. The van der Waals surface area contributed by atoms with E-state index in [0.29, 0.717) is 0 Å². The van der Waals surface area contributed by atoms with Crippen molar-refractivity contribution in [1.29, 1.82) is 0 Å². The van der Waals surface area contributed by atoms with Crippen molar-refractivity contribution in [2.24, 2.45) is 0 Å². The van der Waals surface area contributed by atoms with E-state index in [-0.39, 0.29) is 49.7 Å². The van der Waals surface area contributed by atoms with Crippen LogP contribution in [0, 0.1) is 10.1 Å². The molecule has 1 rings (SSSR count). The van der Waals surface area contributed by atoms with Crippen molar-refractivity contribution in [3.63, 3.8) is 0 Å². The molecule has 1 aromatic carbocycles. The molecule has 1 amide bonds. The summed E-state index contributed by atoms with van der Waals surface area (Å²) in [7, 11) is 2.81. The van der Waals surface area contributed by atoms with E-state index in [4.69, 9.17) is 14.2 Å². The Bertz CT molecular complexity index is 619. The maximum absolute atomic E-state index is 12.7. The molecule has 9 nitrogen and oxygen atoms in total. The highest BCUT2D eigenvalue weighted by Crippen LogP contribution is 2.28. The van der Waals surface area contributed by atoms with Crippen LogP contribution in [0.5, 0.6) is 5.75 Å². The van der Waals surface area contributed by atoms with E-state index in [1.54, 1.807) is 6.92 Å². The van der Waals surface area contributed by atoms with Crippen molar-refractivity contribution in [3.8, 4) is 5.75 Å². The van der Waals surface area contributed by atoms with Crippen molar-refractivity contribution in [2.45, 2.75) is 13.3 Å². The summed E-state index contributed by atoms with van der Waals surface area (Å²) < 4.78 is 14.7. The lowest BCUT2D eigenvalue weighted by Gasteiger charge is -2.22. The van der Waals surface area contributed by atoms with Crippen LogP contribution in [0.4, 0.5) is 5.69 Å². The molecule has 0 atom stereocenters. The zero-order valence-corrected chi connectivity index (χ0v) is 14.5. The van der Waals surface area contributed by atoms with Crippen LogP contribution in [0.25, 0.3) is 0 Å². The van der Waals surface area contributed by atoms with Crippen LogP contribution < -0.4 is 4.74 Å². The fraction of sp³-hybridized carbons (Fsp3) is 0.500. The SMILES string of the molecule is CCOC(=O)CCN(CCOC)C(=O)c1ccc(OC)c([N+](=O)[O-])c1. The fourth-order valence-electron chi connectivity index (χ4n) is 2.12. The van der Waals surface area contributed by atoms with Gasteiger partial charge in [-0.2, -0.15) is 0 Å². The summed E-state index contributed by atoms with van der Waals surface area (Å²) in [5.74, 6) is -0.790. The van der Waals surface area contributed by atoms with Crippen LogP contribution in [-0.4, -0.2) is 62.2 Å². The summed E-state index contributed by atoms with van der Waals surface area (Å²) in [5.41, 5.74) is -0.169. The molecule has 0 saturated heterocycles. The Morgan fingerprint density at radius 2 is 1.96 bits per heavy atom. The fourth-order valence-corrected chi connectivity index (χ4v) is 2.12. The van der Waals surface area contributed by atoms with Crippen LogP contribution >= 0.6 is 0 Å². The lowest BCUT2D eigenvalue weighted by Crippen LogP contribution is -2.36. The van der Waals surface area contributed by atoms with Gasteiger partial charge in [0.1, 0.15) is 0 Å². The van der Waals surface area contributed by atoms with E-state index < -0.39 is 16.8 Å². The molecule has 0 aliphatic rings. The van der Waals surface area contributed by atoms with E-state index in [1.807, 2.05) is 0 Å². The first-order valence-electron chi connectivity index (χ1n) is 7.70. The number of benzene rings is 1. The standard InChI is InChI=1S/C16H22N2O7/c1-4-25-15(19)7-8-17(9-10-23-2)16(20)12-5-6-14(24-3)13(11-12)18(21)22/h5-6,11H,4,7-10H2,1-3H3. The minimum Gasteiger partial charge on any atom is -0.490 e. The lowest BCUT2D eigenvalue weighted by molar-refractivity contribution is -0.385. The van der Waals surface area contributed by atoms with E-state index in [2.05, 4.69) is 0 Å². The highest BCUT2D eigenvalue weighted by atomic mass is 16.6. The van der Waals surface area contributed by atoms with E-state index >= 15 is 0 Å². The molecule has 0 radical (unpaired) electrons. The van der Waals surface area contributed by atoms with Crippen molar-refractivity contribution in [2.75, 3.05) is 40.5 Å². The summed E-state index contributed by atoms with van der Waals surface area (Å²) in [4.78, 5) is 36.0. The molecule has 25 heavy (non-hydrogen) atoms. The maximum Gasteiger partial charge on any atom is 0.311 e. The molecule has 9 heteroatoms. The van der Waals surface area contributed by atoms with Crippen LogP contribution in [0.15, 0.2) is 18.2 Å². The van der Waals surface area contributed by atoms with Gasteiger partial charge in [-0.05, 0) is 19.1 Å². The molecular formula is C16H22N2O7. The smallest absolute Gasteiger partial charge is 0.311 e. The Labute approximate surface area is 145 Å². The first-order chi connectivity index (χ1) is 11.9. The number of methoxy groups -OCH3 is 2. The third-order valence-electron chi connectivity index (χ3n) is 3.37. The van der Waals surface area contributed by atoms with Crippen LogP contribution in [0.1, 0.15) is 23.7 Å². The lowest BCUT2D eigenvalue weighted by atomic mass is 10.1. The van der Waals surface area contributed by atoms with Crippen molar-refractivity contribution in [3.05, 3.63) is 33.9 Å². The predicted molar refractivity (Wildman–Crippen MR) is 88.7 cm³/mol. The summed E-state index contributed by atoms with van der Waals surface area (Å²) in [6.45, 7) is 2.60. The van der Waals surface area contributed by atoms with Crippen LogP contribution in [0.3, 0.4) is 0 Å². The first-order valence-corrected chi connectivity index (χ1v) is 7.70. The maximum atomic E-state index is 12.7.